The summed E-state index contributed by atoms with van der Waals surface area (Å²) < 4.78 is 0. The lowest BCUT2D eigenvalue weighted by molar-refractivity contribution is -0.211. The third-order valence-electron chi connectivity index (χ3n) is 10.4. The summed E-state index contributed by atoms with van der Waals surface area (Å²) in [4.78, 5) is 12.8. The molecule has 0 aromatic carbocycles. The van der Waals surface area contributed by atoms with Crippen LogP contribution in [0.1, 0.15) is 86.0 Å². The molecule has 6 atom stereocenters. The van der Waals surface area contributed by atoms with Gasteiger partial charge in [0.2, 0.25) is 0 Å². The smallest absolute Gasteiger partial charge is 0.139 e. The molecule has 0 saturated heterocycles. The summed E-state index contributed by atoms with van der Waals surface area (Å²) in [6.07, 6.45) is 10.2. The maximum absolute atomic E-state index is 12.8. The van der Waals surface area contributed by atoms with Crippen LogP contribution in [0, 0.1) is 27.1 Å². The van der Waals surface area contributed by atoms with E-state index in [0.717, 1.165) is 51.4 Å². The molecule has 0 unspecified atom stereocenters. The Bertz CT molecular complexity index is 636. The number of hydrogen-bond acceptors (Lipinski definition) is 2. The molecule has 0 bridgehead atoms. The molecule has 0 aromatic rings. The zero-order valence-corrected chi connectivity index (χ0v) is 16.2. The molecule has 2 heteroatoms. The molecule has 4 aliphatic rings. The van der Waals surface area contributed by atoms with Crippen LogP contribution in [0.15, 0.2) is 11.6 Å². The first-order valence-electron chi connectivity index (χ1n) is 9.95. The largest absolute Gasteiger partial charge is 0.393 e. The van der Waals surface area contributed by atoms with E-state index in [1.807, 2.05) is 0 Å². The number of aliphatic hydroxyl groups excluding tert-OH is 1. The molecule has 0 aromatic heterocycles. The Kier molecular flexibility index (Phi) is 3.19. The van der Waals surface area contributed by atoms with Crippen molar-refractivity contribution in [2.24, 2.45) is 27.1 Å². The topological polar surface area (TPSA) is 37.3 Å². The molecule has 0 radical (unpaired) electrons. The Morgan fingerprint density at radius 1 is 0.917 bits per heavy atom. The van der Waals surface area contributed by atoms with Gasteiger partial charge in [-0.15, -0.1) is 0 Å². The first-order chi connectivity index (χ1) is 11.0. The highest BCUT2D eigenvalue weighted by Gasteiger charge is 2.73. The number of rotatable bonds is 0. The number of allylic oxidation sites excluding steroid dienone is 1. The molecule has 0 aliphatic heterocycles. The summed E-state index contributed by atoms with van der Waals surface area (Å²) in [5.74, 6) is 0.507. The summed E-state index contributed by atoms with van der Waals surface area (Å²) in [5, 5.41) is 10.2. The summed E-state index contributed by atoms with van der Waals surface area (Å²) >= 11 is 0. The van der Waals surface area contributed by atoms with Gasteiger partial charge in [-0.2, -0.15) is 0 Å². The maximum atomic E-state index is 12.8. The Balaban J connectivity index is 1.89. The van der Waals surface area contributed by atoms with Crippen LogP contribution in [0.5, 0.6) is 0 Å². The van der Waals surface area contributed by atoms with Crippen molar-refractivity contribution in [3.8, 4) is 0 Å². The zero-order valence-electron chi connectivity index (χ0n) is 16.2. The Morgan fingerprint density at radius 3 is 2.29 bits per heavy atom. The van der Waals surface area contributed by atoms with Gasteiger partial charge < -0.3 is 5.11 Å². The van der Waals surface area contributed by atoms with Gasteiger partial charge in [-0.1, -0.05) is 46.3 Å². The van der Waals surface area contributed by atoms with Crippen molar-refractivity contribution in [3.63, 3.8) is 0 Å². The summed E-state index contributed by atoms with van der Waals surface area (Å²) in [7, 11) is 0. The lowest BCUT2D eigenvalue weighted by atomic mass is 9.32. The Morgan fingerprint density at radius 2 is 1.58 bits per heavy atom. The molecule has 4 aliphatic carbocycles. The zero-order chi connectivity index (χ0) is 17.6. The molecule has 134 valence electrons. The molecular formula is C22H34O2. The number of aliphatic hydroxyl groups is 1. The van der Waals surface area contributed by atoms with Crippen LogP contribution in [0.25, 0.3) is 0 Å². The lowest BCUT2D eigenvalue weighted by Crippen LogP contribution is -2.66. The monoisotopic (exact) mass is 330 g/mol. The third kappa shape index (κ3) is 1.52. The molecule has 24 heavy (non-hydrogen) atoms. The number of carbonyl (C=O) groups excluding carboxylic acids is 1. The fourth-order valence-corrected chi connectivity index (χ4v) is 7.71. The fraction of sp³-hybridized carbons (Fsp3) is 0.864. The number of hydrogen-bond donors (Lipinski definition) is 1. The number of fused-ring (bicyclic) bond motifs is 5. The van der Waals surface area contributed by atoms with Gasteiger partial charge >= 0.3 is 0 Å². The molecule has 3 saturated carbocycles. The second kappa shape index (κ2) is 4.55. The van der Waals surface area contributed by atoms with Gasteiger partial charge in [0.05, 0.1) is 6.10 Å². The van der Waals surface area contributed by atoms with Crippen LogP contribution in [-0.4, -0.2) is 17.0 Å². The van der Waals surface area contributed by atoms with Gasteiger partial charge in [-0.05, 0) is 66.6 Å². The van der Waals surface area contributed by atoms with E-state index >= 15 is 0 Å². The fourth-order valence-electron chi connectivity index (χ4n) is 7.71. The van der Waals surface area contributed by atoms with Crippen molar-refractivity contribution in [1.29, 1.82) is 0 Å². The van der Waals surface area contributed by atoms with Crippen molar-refractivity contribution in [2.75, 3.05) is 0 Å². The van der Waals surface area contributed by atoms with E-state index in [2.05, 4.69) is 40.7 Å². The van der Waals surface area contributed by atoms with Gasteiger partial charge in [0.1, 0.15) is 5.78 Å². The highest BCUT2D eigenvalue weighted by atomic mass is 16.3. The van der Waals surface area contributed by atoms with Crippen molar-refractivity contribution in [1.82, 2.24) is 0 Å². The predicted molar refractivity (Wildman–Crippen MR) is 96.6 cm³/mol. The van der Waals surface area contributed by atoms with E-state index < -0.39 is 0 Å². The van der Waals surface area contributed by atoms with Gasteiger partial charge in [-0.25, -0.2) is 0 Å². The van der Waals surface area contributed by atoms with Gasteiger partial charge in [0.15, 0.2) is 0 Å². The van der Waals surface area contributed by atoms with Crippen molar-refractivity contribution in [3.05, 3.63) is 11.6 Å². The Labute approximate surface area is 147 Å². The van der Waals surface area contributed by atoms with E-state index in [-0.39, 0.29) is 33.2 Å². The first kappa shape index (κ1) is 16.8. The van der Waals surface area contributed by atoms with Crippen LogP contribution in [-0.2, 0) is 4.79 Å². The SMILES string of the molecule is C[C@@]12CC=C3C[C@@H](O)CC[C@]3(C)[C@@]1(C)CC[C@]1(C)C(=O)CC[C@@]21C. The van der Waals surface area contributed by atoms with E-state index in [1.54, 1.807) is 0 Å². The summed E-state index contributed by atoms with van der Waals surface area (Å²) in [5.41, 5.74) is 1.98. The van der Waals surface area contributed by atoms with E-state index in [4.69, 9.17) is 0 Å². The molecule has 3 fully saturated rings. The standard InChI is InChI=1S/C22H34O2/c1-18-9-7-16(23)14-15(18)6-10-22(5)20(3)11-8-17(24)19(20,2)12-13-21(18,22)4/h6,16,23H,7-14H2,1-5H3/t16-,18-,19+,20+,21+,22-/m0/s1. The minimum Gasteiger partial charge on any atom is -0.393 e. The second-order valence-electron chi connectivity index (χ2n) is 10.4. The number of Topliss-reactive ketones (excluding diaryl/α,β-unsaturated/α-hetero) is 1. The van der Waals surface area contributed by atoms with Crippen molar-refractivity contribution in [2.45, 2.75) is 92.1 Å². The predicted octanol–water partition coefficient (Wildman–Crippen LogP) is 5.05. The normalized spacial score (nSPS) is 57.0. The molecule has 0 heterocycles. The second-order valence-corrected chi connectivity index (χ2v) is 10.4. The van der Waals surface area contributed by atoms with E-state index in [9.17, 15) is 9.90 Å². The van der Waals surface area contributed by atoms with Crippen LogP contribution in [0.2, 0.25) is 0 Å². The lowest BCUT2D eigenvalue weighted by Gasteiger charge is -2.72. The average Bonchev–Trinajstić information content (AvgIpc) is 2.77. The number of carbonyl (C=O) groups is 1. The summed E-state index contributed by atoms with van der Waals surface area (Å²) in [6.45, 7) is 12.2. The highest BCUT2D eigenvalue weighted by Crippen LogP contribution is 2.79. The quantitative estimate of drug-likeness (QED) is 0.631. The average molecular weight is 331 g/mol. The van der Waals surface area contributed by atoms with Gasteiger partial charge in [0.25, 0.3) is 0 Å². The molecule has 1 N–H and O–H groups in total. The molecule has 2 nitrogen and oxygen atoms in total. The molecular weight excluding hydrogens is 296 g/mol. The van der Waals surface area contributed by atoms with Crippen LogP contribution >= 0.6 is 0 Å². The Hall–Kier alpha value is -0.630. The third-order valence-corrected chi connectivity index (χ3v) is 10.4. The van der Waals surface area contributed by atoms with E-state index in [0.29, 0.717) is 5.78 Å². The van der Waals surface area contributed by atoms with E-state index in [1.165, 1.54) is 5.57 Å². The van der Waals surface area contributed by atoms with Gasteiger partial charge in [-0.3, -0.25) is 4.79 Å². The summed E-state index contributed by atoms with van der Waals surface area (Å²) in [6, 6.07) is 0. The molecule has 0 spiro atoms. The van der Waals surface area contributed by atoms with Crippen molar-refractivity contribution < 1.29 is 9.90 Å². The van der Waals surface area contributed by atoms with Crippen molar-refractivity contribution >= 4 is 5.78 Å². The molecule has 0 amide bonds. The van der Waals surface area contributed by atoms with Crippen LogP contribution < -0.4 is 0 Å². The number of ketones is 1. The first-order valence-corrected chi connectivity index (χ1v) is 9.95. The maximum Gasteiger partial charge on any atom is 0.139 e. The minimum absolute atomic E-state index is 0.0885. The van der Waals surface area contributed by atoms with Crippen LogP contribution in [0.4, 0.5) is 0 Å². The minimum atomic E-state index is -0.158. The van der Waals surface area contributed by atoms with Gasteiger partial charge in [0, 0.05) is 11.8 Å². The highest BCUT2D eigenvalue weighted by molar-refractivity contribution is 5.88. The van der Waals surface area contributed by atoms with Crippen LogP contribution in [0.3, 0.4) is 0 Å². The molecule has 4 rings (SSSR count).